The molecule has 8 heteroatoms. The number of benzene rings is 1. The Morgan fingerprint density at radius 3 is 2.56 bits per heavy atom. The van der Waals surface area contributed by atoms with Crippen molar-refractivity contribution in [1.29, 1.82) is 0 Å². The smallest absolute Gasteiger partial charge is 0.329 e. The molecule has 0 saturated heterocycles. The Kier molecular flexibility index (Phi) is 5.16. The van der Waals surface area contributed by atoms with Gasteiger partial charge in [-0.15, -0.1) is 0 Å². The maximum absolute atomic E-state index is 12.5. The summed E-state index contributed by atoms with van der Waals surface area (Å²) in [5, 5.41) is 12.5. The van der Waals surface area contributed by atoms with Crippen LogP contribution in [0.3, 0.4) is 0 Å². The predicted octanol–water partition coefficient (Wildman–Crippen LogP) is 1.23. The highest BCUT2D eigenvalue weighted by molar-refractivity contribution is 5.87. The standard InChI is InChI=1S/C19H23N3O5/c1-2-12-7-9-19(10-8-12,17(25)26)21-15(23)11-22-16(24)13-5-3-4-6-14(13)20-18(22)27/h3-6,12H,2,7-11H2,1H3,(H,20,27)(H,21,23)(H,25,26). The lowest BCUT2D eigenvalue weighted by Gasteiger charge is -2.37. The van der Waals surface area contributed by atoms with Gasteiger partial charge in [-0.25, -0.2) is 9.59 Å². The number of nitrogens with one attached hydrogen (secondary N) is 2. The number of nitrogens with zero attached hydrogens (tertiary/aromatic N) is 1. The number of aromatic nitrogens is 2. The average Bonchev–Trinajstić information content (AvgIpc) is 2.65. The zero-order chi connectivity index (χ0) is 19.6. The van der Waals surface area contributed by atoms with Gasteiger partial charge in [0.15, 0.2) is 0 Å². The van der Waals surface area contributed by atoms with Gasteiger partial charge in [0.05, 0.1) is 10.9 Å². The van der Waals surface area contributed by atoms with E-state index in [1.807, 2.05) is 0 Å². The molecule has 0 radical (unpaired) electrons. The third kappa shape index (κ3) is 3.65. The van der Waals surface area contributed by atoms with Gasteiger partial charge < -0.3 is 15.4 Å². The molecule has 1 saturated carbocycles. The molecule has 1 aliphatic carbocycles. The van der Waals surface area contributed by atoms with Crippen molar-refractivity contribution in [3.8, 4) is 0 Å². The highest BCUT2D eigenvalue weighted by Gasteiger charge is 2.42. The van der Waals surface area contributed by atoms with Crippen molar-refractivity contribution >= 4 is 22.8 Å². The zero-order valence-electron chi connectivity index (χ0n) is 15.2. The Labute approximate surface area is 155 Å². The van der Waals surface area contributed by atoms with Gasteiger partial charge in [0, 0.05) is 0 Å². The van der Waals surface area contributed by atoms with Crippen LogP contribution in [0.25, 0.3) is 10.9 Å². The molecule has 1 aromatic carbocycles. The van der Waals surface area contributed by atoms with Crippen molar-refractivity contribution in [2.45, 2.75) is 51.1 Å². The van der Waals surface area contributed by atoms with Crippen molar-refractivity contribution in [2.24, 2.45) is 5.92 Å². The van der Waals surface area contributed by atoms with Crippen LogP contribution in [0.15, 0.2) is 33.9 Å². The van der Waals surface area contributed by atoms with E-state index in [1.54, 1.807) is 24.3 Å². The molecule has 1 fully saturated rings. The zero-order valence-corrected chi connectivity index (χ0v) is 15.2. The first-order valence-corrected chi connectivity index (χ1v) is 9.12. The highest BCUT2D eigenvalue weighted by atomic mass is 16.4. The number of H-pyrrole nitrogens is 1. The number of rotatable bonds is 5. The van der Waals surface area contributed by atoms with Crippen LogP contribution in [0.2, 0.25) is 0 Å². The topological polar surface area (TPSA) is 121 Å². The van der Waals surface area contributed by atoms with Gasteiger partial charge in [-0.1, -0.05) is 25.5 Å². The SMILES string of the molecule is CCC1CCC(NC(=O)Cn2c(=O)[nH]c3ccccc3c2=O)(C(=O)O)CC1. The molecule has 0 spiro atoms. The van der Waals surface area contributed by atoms with Crippen LogP contribution in [0.5, 0.6) is 0 Å². The van der Waals surface area contributed by atoms with Gasteiger partial charge in [-0.05, 0) is 43.7 Å². The van der Waals surface area contributed by atoms with Crippen LogP contribution in [0.1, 0.15) is 39.0 Å². The molecular weight excluding hydrogens is 350 g/mol. The quantitative estimate of drug-likeness (QED) is 0.728. The largest absolute Gasteiger partial charge is 0.480 e. The molecule has 3 N–H and O–H groups in total. The van der Waals surface area contributed by atoms with Crippen molar-refractivity contribution in [1.82, 2.24) is 14.9 Å². The number of amides is 1. The van der Waals surface area contributed by atoms with Crippen LogP contribution in [0.4, 0.5) is 0 Å². The lowest BCUT2D eigenvalue weighted by atomic mass is 9.75. The molecule has 0 aliphatic heterocycles. The number of hydrogen-bond acceptors (Lipinski definition) is 4. The van der Waals surface area contributed by atoms with Crippen LogP contribution in [-0.2, 0) is 16.1 Å². The van der Waals surface area contributed by atoms with Gasteiger partial charge in [-0.3, -0.25) is 14.2 Å². The van der Waals surface area contributed by atoms with E-state index in [0.29, 0.717) is 29.7 Å². The van der Waals surface area contributed by atoms with Gasteiger partial charge in [0.1, 0.15) is 12.1 Å². The van der Waals surface area contributed by atoms with Crippen LogP contribution >= 0.6 is 0 Å². The molecule has 1 aliphatic rings. The van der Waals surface area contributed by atoms with E-state index in [-0.39, 0.29) is 0 Å². The Bertz CT molecular complexity index is 983. The number of hydrogen-bond donors (Lipinski definition) is 3. The first-order valence-electron chi connectivity index (χ1n) is 9.12. The highest BCUT2D eigenvalue weighted by Crippen LogP contribution is 2.34. The fourth-order valence-electron chi connectivity index (χ4n) is 3.76. The minimum atomic E-state index is -1.34. The number of carbonyl (C=O) groups is 2. The lowest BCUT2D eigenvalue weighted by molar-refractivity contribution is -0.149. The summed E-state index contributed by atoms with van der Waals surface area (Å²) in [4.78, 5) is 51.6. The summed E-state index contributed by atoms with van der Waals surface area (Å²) in [6, 6.07) is 6.52. The van der Waals surface area contributed by atoms with Gasteiger partial charge in [-0.2, -0.15) is 0 Å². The van der Waals surface area contributed by atoms with Crippen LogP contribution < -0.4 is 16.6 Å². The third-order valence-corrected chi connectivity index (χ3v) is 5.52. The Balaban J connectivity index is 1.83. The predicted molar refractivity (Wildman–Crippen MR) is 99.6 cm³/mol. The number of carbonyl (C=O) groups excluding carboxylic acids is 1. The summed E-state index contributed by atoms with van der Waals surface area (Å²) < 4.78 is 0.797. The Hall–Kier alpha value is -2.90. The normalized spacial score (nSPS) is 22.5. The number of para-hydroxylation sites is 1. The van der Waals surface area contributed by atoms with E-state index < -0.39 is 35.2 Å². The second-order valence-electron chi connectivity index (χ2n) is 7.15. The maximum Gasteiger partial charge on any atom is 0.329 e. The lowest BCUT2D eigenvalue weighted by Crippen LogP contribution is -2.57. The number of carboxylic acid groups (broad SMARTS) is 1. The molecule has 1 amide bonds. The summed E-state index contributed by atoms with van der Waals surface area (Å²) >= 11 is 0. The van der Waals surface area contributed by atoms with Crippen molar-refractivity contribution in [3.63, 3.8) is 0 Å². The number of fused-ring (bicyclic) bond motifs is 1. The van der Waals surface area contributed by atoms with Crippen LogP contribution in [-0.4, -0.2) is 32.1 Å². The van der Waals surface area contributed by atoms with Gasteiger partial charge >= 0.3 is 11.7 Å². The monoisotopic (exact) mass is 373 g/mol. The third-order valence-electron chi connectivity index (χ3n) is 5.52. The average molecular weight is 373 g/mol. The van der Waals surface area contributed by atoms with Gasteiger partial charge in [0.2, 0.25) is 5.91 Å². The van der Waals surface area contributed by atoms with Crippen molar-refractivity contribution < 1.29 is 14.7 Å². The molecule has 0 atom stereocenters. The fraction of sp³-hybridized carbons (Fsp3) is 0.474. The molecule has 3 rings (SSSR count). The second-order valence-corrected chi connectivity index (χ2v) is 7.15. The van der Waals surface area contributed by atoms with E-state index in [1.165, 1.54) is 0 Å². The molecule has 8 nitrogen and oxygen atoms in total. The summed E-state index contributed by atoms with van der Waals surface area (Å²) in [6.07, 6.45) is 3.11. The minimum absolute atomic E-state index is 0.293. The van der Waals surface area contributed by atoms with E-state index in [9.17, 15) is 24.3 Å². The first-order chi connectivity index (χ1) is 12.9. The number of aliphatic carboxylic acids is 1. The molecule has 0 unspecified atom stereocenters. The van der Waals surface area contributed by atoms with Crippen LogP contribution in [0, 0.1) is 5.92 Å². The Morgan fingerprint density at radius 2 is 1.93 bits per heavy atom. The van der Waals surface area contributed by atoms with E-state index >= 15 is 0 Å². The Morgan fingerprint density at radius 1 is 1.26 bits per heavy atom. The molecule has 144 valence electrons. The van der Waals surface area contributed by atoms with E-state index in [4.69, 9.17) is 0 Å². The van der Waals surface area contributed by atoms with Crippen molar-refractivity contribution in [2.75, 3.05) is 0 Å². The molecular formula is C19H23N3O5. The van der Waals surface area contributed by atoms with Gasteiger partial charge in [0.25, 0.3) is 5.56 Å². The molecule has 2 aromatic rings. The summed E-state index contributed by atoms with van der Waals surface area (Å²) in [5.41, 5.74) is -2.23. The molecule has 0 bridgehead atoms. The van der Waals surface area contributed by atoms with E-state index in [0.717, 1.165) is 23.8 Å². The fourth-order valence-corrected chi connectivity index (χ4v) is 3.76. The van der Waals surface area contributed by atoms with E-state index in [2.05, 4.69) is 17.2 Å². The first kappa shape index (κ1) is 18.9. The molecule has 1 heterocycles. The number of aromatic amines is 1. The second kappa shape index (κ2) is 7.38. The number of carboxylic acids is 1. The summed E-state index contributed by atoms with van der Waals surface area (Å²) in [6.45, 7) is 1.54. The minimum Gasteiger partial charge on any atom is -0.480 e. The summed E-state index contributed by atoms with van der Waals surface area (Å²) in [5.74, 6) is -1.28. The summed E-state index contributed by atoms with van der Waals surface area (Å²) in [7, 11) is 0. The maximum atomic E-state index is 12.5. The molecule has 1 aromatic heterocycles. The van der Waals surface area contributed by atoms with Crippen molar-refractivity contribution in [3.05, 3.63) is 45.1 Å². The molecule has 27 heavy (non-hydrogen) atoms.